The third-order valence-corrected chi connectivity index (χ3v) is 2.85. The highest BCUT2D eigenvalue weighted by Gasteiger charge is 2.28. The summed E-state index contributed by atoms with van der Waals surface area (Å²) in [5, 5.41) is 0. The molecule has 1 aliphatic rings. The second-order valence-corrected chi connectivity index (χ2v) is 4.58. The van der Waals surface area contributed by atoms with Crippen LogP contribution in [0.3, 0.4) is 0 Å². The van der Waals surface area contributed by atoms with Gasteiger partial charge in [-0.15, -0.1) is 0 Å². The van der Waals surface area contributed by atoms with E-state index in [4.69, 9.17) is 6.58 Å². The highest BCUT2D eigenvalue weighted by Crippen LogP contribution is 2.42. The van der Waals surface area contributed by atoms with Gasteiger partial charge in [0.1, 0.15) is 0 Å². The monoisotopic (exact) mass is 163 g/mol. The zero-order valence-electron chi connectivity index (χ0n) is 8.70. The van der Waals surface area contributed by atoms with E-state index in [0.717, 1.165) is 5.57 Å². The Morgan fingerprint density at radius 2 is 2.00 bits per heavy atom. The van der Waals surface area contributed by atoms with Gasteiger partial charge >= 0.3 is 0 Å². The van der Waals surface area contributed by atoms with Gasteiger partial charge in [0, 0.05) is 0 Å². The van der Waals surface area contributed by atoms with Gasteiger partial charge in [0.05, 0.1) is 0 Å². The predicted molar refractivity (Wildman–Crippen MR) is 53.8 cm³/mol. The molecule has 0 aromatic heterocycles. The van der Waals surface area contributed by atoms with Crippen LogP contribution >= 0.6 is 0 Å². The number of hydrogen-bond donors (Lipinski definition) is 0. The van der Waals surface area contributed by atoms with Gasteiger partial charge in [0.2, 0.25) is 0 Å². The van der Waals surface area contributed by atoms with Crippen molar-refractivity contribution in [3.8, 4) is 0 Å². The summed E-state index contributed by atoms with van der Waals surface area (Å²) in [5.74, 6) is 0. The molecule has 67 valence electrons. The molecule has 0 aromatic carbocycles. The Labute approximate surface area is 76.4 Å². The summed E-state index contributed by atoms with van der Waals surface area (Å²) < 4.78 is 0. The maximum absolute atomic E-state index is 5.89. The van der Waals surface area contributed by atoms with Gasteiger partial charge in [-0.3, -0.25) is 0 Å². The first-order chi connectivity index (χ1) is 5.45. The van der Waals surface area contributed by atoms with E-state index in [1.807, 2.05) is 6.92 Å². The van der Waals surface area contributed by atoms with Gasteiger partial charge in [-0.1, -0.05) is 26.0 Å². The molecular weight excluding hydrogens is 144 g/mol. The van der Waals surface area contributed by atoms with E-state index in [1.54, 1.807) is 0 Å². The third kappa shape index (κ3) is 1.63. The van der Waals surface area contributed by atoms with Crippen molar-refractivity contribution in [1.82, 2.24) is 0 Å². The van der Waals surface area contributed by atoms with Crippen molar-refractivity contribution in [2.75, 3.05) is 0 Å². The molecule has 0 bridgehead atoms. The molecule has 0 atom stereocenters. The fourth-order valence-corrected chi connectivity index (χ4v) is 2.49. The van der Waals surface area contributed by atoms with Gasteiger partial charge in [0.15, 0.2) is 0 Å². The first-order valence-corrected chi connectivity index (χ1v) is 4.75. The predicted octanol–water partition coefficient (Wildman–Crippen LogP) is 3.89. The minimum Gasteiger partial charge on any atom is -0.0693 e. The molecule has 0 unspecified atom stereocenters. The third-order valence-electron chi connectivity index (χ3n) is 2.85. The molecule has 0 heteroatoms. The lowest BCUT2D eigenvalue weighted by atomic mass is 9.70. The van der Waals surface area contributed by atoms with Crippen LogP contribution in [0.25, 0.3) is 0 Å². The maximum Gasteiger partial charge on any atom is -0.0101 e. The van der Waals surface area contributed by atoms with Gasteiger partial charge in [-0.05, 0) is 49.7 Å². The van der Waals surface area contributed by atoms with Gasteiger partial charge in [-0.25, -0.2) is 0 Å². The van der Waals surface area contributed by atoms with Crippen LogP contribution < -0.4 is 0 Å². The highest BCUT2D eigenvalue weighted by molar-refractivity contribution is 5.36. The largest absolute Gasteiger partial charge is 0.0693 e. The summed E-state index contributed by atoms with van der Waals surface area (Å²) in [6, 6.07) is 0. The van der Waals surface area contributed by atoms with Gasteiger partial charge in [0.25, 0.3) is 0 Å². The van der Waals surface area contributed by atoms with Crippen molar-refractivity contribution in [2.45, 2.75) is 47.0 Å². The van der Waals surface area contributed by atoms with E-state index in [-0.39, 0.29) is 0 Å². The number of hydrogen-bond acceptors (Lipinski definition) is 0. The molecule has 0 amide bonds. The molecule has 0 spiro atoms. The summed E-state index contributed by atoms with van der Waals surface area (Å²) in [6.07, 6.45) is 3.82. The van der Waals surface area contributed by atoms with Crippen LogP contribution in [0.4, 0.5) is 0 Å². The summed E-state index contributed by atoms with van der Waals surface area (Å²) in [5.41, 5.74) is 4.22. The molecule has 0 aromatic rings. The first-order valence-electron chi connectivity index (χ1n) is 4.75. The Morgan fingerprint density at radius 3 is 2.33 bits per heavy atom. The molecule has 12 heavy (non-hydrogen) atoms. The molecule has 1 rings (SSSR count). The van der Waals surface area contributed by atoms with E-state index < -0.39 is 0 Å². The lowest BCUT2D eigenvalue weighted by Crippen LogP contribution is -2.20. The molecule has 0 nitrogen and oxygen atoms in total. The van der Waals surface area contributed by atoms with E-state index >= 15 is 0 Å². The Hall–Kier alpha value is -0.520. The smallest absolute Gasteiger partial charge is 0.0101 e. The van der Waals surface area contributed by atoms with E-state index in [9.17, 15) is 0 Å². The highest BCUT2D eigenvalue weighted by atomic mass is 14.3. The van der Waals surface area contributed by atoms with Crippen molar-refractivity contribution < 1.29 is 0 Å². The molecule has 1 radical (unpaired) electrons. The van der Waals surface area contributed by atoms with E-state index in [0.29, 0.717) is 5.41 Å². The number of rotatable bonds is 1. The SMILES string of the molecule is [CH]=C(C)C1=C(C)CCCC1(C)C. The molecule has 0 heterocycles. The van der Waals surface area contributed by atoms with Crippen molar-refractivity contribution in [3.05, 3.63) is 23.3 Å². The molecular formula is C12H19. The Balaban J connectivity index is 3.09. The summed E-state index contributed by atoms with van der Waals surface area (Å²) in [6.45, 7) is 14.7. The van der Waals surface area contributed by atoms with Gasteiger partial charge < -0.3 is 0 Å². The molecule has 0 N–H and O–H groups in total. The average Bonchev–Trinajstić information content (AvgIpc) is 1.82. The lowest BCUT2D eigenvalue weighted by Gasteiger charge is -2.34. The topological polar surface area (TPSA) is 0 Å². The number of allylic oxidation sites excluding steroid dienone is 3. The van der Waals surface area contributed by atoms with Crippen LogP contribution in [0.2, 0.25) is 0 Å². The van der Waals surface area contributed by atoms with Crippen LogP contribution in [-0.2, 0) is 0 Å². The second kappa shape index (κ2) is 3.08. The summed E-state index contributed by atoms with van der Waals surface area (Å²) in [4.78, 5) is 0. The Morgan fingerprint density at radius 1 is 1.42 bits per heavy atom. The first kappa shape index (κ1) is 9.57. The zero-order chi connectivity index (χ0) is 9.35. The summed E-state index contributed by atoms with van der Waals surface area (Å²) >= 11 is 0. The van der Waals surface area contributed by atoms with Gasteiger partial charge in [-0.2, -0.15) is 0 Å². The van der Waals surface area contributed by atoms with Crippen molar-refractivity contribution >= 4 is 0 Å². The molecule has 0 aliphatic heterocycles. The molecule has 0 saturated heterocycles. The zero-order valence-corrected chi connectivity index (χ0v) is 8.70. The minimum atomic E-state index is 0.307. The Kier molecular flexibility index (Phi) is 2.46. The van der Waals surface area contributed by atoms with Crippen molar-refractivity contribution in [1.29, 1.82) is 0 Å². The van der Waals surface area contributed by atoms with E-state index in [2.05, 4.69) is 20.8 Å². The quantitative estimate of drug-likeness (QED) is 0.550. The van der Waals surface area contributed by atoms with Crippen molar-refractivity contribution in [3.63, 3.8) is 0 Å². The van der Waals surface area contributed by atoms with Crippen LogP contribution in [0, 0.1) is 12.0 Å². The molecule has 0 saturated carbocycles. The molecule has 0 fully saturated rings. The van der Waals surface area contributed by atoms with Crippen LogP contribution in [0.5, 0.6) is 0 Å². The van der Waals surface area contributed by atoms with Crippen LogP contribution in [0.15, 0.2) is 16.7 Å². The molecule has 1 aliphatic carbocycles. The Bertz CT molecular complexity index is 228. The lowest BCUT2D eigenvalue weighted by molar-refractivity contribution is 0.372. The maximum atomic E-state index is 5.89. The second-order valence-electron chi connectivity index (χ2n) is 4.58. The summed E-state index contributed by atoms with van der Waals surface area (Å²) in [7, 11) is 0. The average molecular weight is 163 g/mol. The normalized spacial score (nSPS) is 22.7. The minimum absolute atomic E-state index is 0.307. The van der Waals surface area contributed by atoms with Crippen LogP contribution in [0.1, 0.15) is 47.0 Å². The standard InChI is InChI=1S/C12H19/c1-9(2)11-10(3)7-6-8-12(11,4)5/h1H,6-8H2,2-5H3. The fraction of sp³-hybridized carbons (Fsp3) is 0.667. The fourth-order valence-electron chi connectivity index (χ4n) is 2.49. The van der Waals surface area contributed by atoms with Crippen LogP contribution in [-0.4, -0.2) is 0 Å². The van der Waals surface area contributed by atoms with Crippen molar-refractivity contribution in [2.24, 2.45) is 5.41 Å². The van der Waals surface area contributed by atoms with E-state index in [1.165, 1.54) is 30.4 Å².